The first-order chi connectivity index (χ1) is 8.30. The van der Waals surface area contributed by atoms with Crippen molar-refractivity contribution >= 4 is 11.7 Å². The van der Waals surface area contributed by atoms with Gasteiger partial charge in [0.2, 0.25) is 0 Å². The van der Waals surface area contributed by atoms with Crippen LogP contribution in [0.5, 0.6) is 0 Å². The number of benzene rings is 1. The van der Waals surface area contributed by atoms with Gasteiger partial charge in [-0.1, -0.05) is 32.9 Å². The van der Waals surface area contributed by atoms with Crippen molar-refractivity contribution in [2.45, 2.75) is 27.7 Å². The van der Waals surface area contributed by atoms with E-state index in [4.69, 9.17) is 0 Å². The Balaban J connectivity index is 2.22. The van der Waals surface area contributed by atoms with Gasteiger partial charge in [-0.25, -0.2) is 4.79 Å². The van der Waals surface area contributed by atoms with Crippen LogP contribution in [0.2, 0.25) is 0 Å². The first kappa shape index (κ1) is 12.9. The molecule has 0 radical (unpaired) electrons. The van der Waals surface area contributed by atoms with Crippen molar-refractivity contribution in [3.05, 3.63) is 29.3 Å². The van der Waals surface area contributed by atoms with E-state index in [2.05, 4.69) is 25.7 Å². The Morgan fingerprint density at radius 1 is 1.33 bits per heavy atom. The molecule has 1 aliphatic rings. The SMILES string of the molecule is Cc1cccc(N2CC(C(C)(C)C)C2)c1C(=O)O. The fraction of sp³-hybridized carbons (Fsp3) is 0.533. The van der Waals surface area contributed by atoms with Crippen LogP contribution in [0.3, 0.4) is 0 Å². The molecule has 0 aliphatic carbocycles. The Hall–Kier alpha value is -1.51. The van der Waals surface area contributed by atoms with Crippen molar-refractivity contribution in [3.63, 3.8) is 0 Å². The molecule has 1 aliphatic heterocycles. The lowest BCUT2D eigenvalue weighted by Crippen LogP contribution is -2.52. The van der Waals surface area contributed by atoms with Gasteiger partial charge in [-0.2, -0.15) is 0 Å². The van der Waals surface area contributed by atoms with Crippen molar-refractivity contribution in [2.24, 2.45) is 11.3 Å². The summed E-state index contributed by atoms with van der Waals surface area (Å²) >= 11 is 0. The standard InChI is InChI=1S/C15H21NO2/c1-10-6-5-7-12(13(10)14(17)18)16-8-11(9-16)15(2,3)4/h5-7,11H,8-9H2,1-4H3,(H,17,18). The minimum absolute atomic E-state index is 0.295. The van der Waals surface area contributed by atoms with Crippen LogP contribution in [0.1, 0.15) is 36.7 Å². The van der Waals surface area contributed by atoms with Crippen molar-refractivity contribution in [3.8, 4) is 0 Å². The number of carboxylic acids is 1. The zero-order valence-corrected chi connectivity index (χ0v) is 11.5. The minimum atomic E-state index is -0.831. The van der Waals surface area contributed by atoms with Gasteiger partial charge in [-0.05, 0) is 29.9 Å². The molecule has 1 aromatic rings. The van der Waals surface area contributed by atoms with E-state index in [9.17, 15) is 9.90 Å². The van der Waals surface area contributed by atoms with Crippen LogP contribution in [0, 0.1) is 18.3 Å². The molecular formula is C15H21NO2. The summed E-state index contributed by atoms with van der Waals surface area (Å²) in [7, 11) is 0. The maximum atomic E-state index is 11.3. The molecule has 0 unspecified atom stereocenters. The molecule has 1 heterocycles. The van der Waals surface area contributed by atoms with Gasteiger partial charge >= 0.3 is 5.97 Å². The van der Waals surface area contributed by atoms with Crippen LogP contribution in [0.15, 0.2) is 18.2 Å². The van der Waals surface area contributed by atoms with Gasteiger partial charge < -0.3 is 10.0 Å². The Morgan fingerprint density at radius 2 is 1.94 bits per heavy atom. The lowest BCUT2D eigenvalue weighted by Gasteiger charge is -2.48. The molecular weight excluding hydrogens is 226 g/mol. The van der Waals surface area contributed by atoms with E-state index < -0.39 is 5.97 Å². The largest absolute Gasteiger partial charge is 0.478 e. The number of nitrogens with zero attached hydrogens (tertiary/aromatic N) is 1. The number of aromatic carboxylic acids is 1. The Morgan fingerprint density at radius 3 is 2.44 bits per heavy atom. The highest BCUT2D eigenvalue weighted by Gasteiger charge is 2.37. The lowest BCUT2D eigenvalue weighted by atomic mass is 9.75. The summed E-state index contributed by atoms with van der Waals surface area (Å²) < 4.78 is 0. The van der Waals surface area contributed by atoms with E-state index in [1.165, 1.54) is 0 Å². The number of hydrogen-bond acceptors (Lipinski definition) is 2. The maximum Gasteiger partial charge on any atom is 0.338 e. The average Bonchev–Trinajstić information content (AvgIpc) is 2.11. The average molecular weight is 247 g/mol. The highest BCUT2D eigenvalue weighted by Crippen LogP contribution is 2.38. The molecule has 0 bridgehead atoms. The molecule has 0 amide bonds. The van der Waals surface area contributed by atoms with Crippen LogP contribution >= 0.6 is 0 Å². The quantitative estimate of drug-likeness (QED) is 0.872. The second-order valence-electron chi connectivity index (χ2n) is 6.24. The molecule has 1 fully saturated rings. The Labute approximate surface area is 108 Å². The fourth-order valence-corrected chi connectivity index (χ4v) is 2.42. The summed E-state index contributed by atoms with van der Waals surface area (Å²) in [4.78, 5) is 13.5. The summed E-state index contributed by atoms with van der Waals surface area (Å²) in [5.41, 5.74) is 2.44. The van der Waals surface area contributed by atoms with E-state index in [-0.39, 0.29) is 0 Å². The third-order valence-corrected chi connectivity index (χ3v) is 3.91. The number of carbonyl (C=O) groups is 1. The Kier molecular flexibility index (Phi) is 3.09. The first-order valence-electron chi connectivity index (χ1n) is 6.38. The van der Waals surface area contributed by atoms with Crippen LogP contribution < -0.4 is 4.90 Å². The topological polar surface area (TPSA) is 40.5 Å². The summed E-state index contributed by atoms with van der Waals surface area (Å²) in [5, 5.41) is 9.31. The highest BCUT2D eigenvalue weighted by molar-refractivity contribution is 5.96. The number of rotatable bonds is 2. The minimum Gasteiger partial charge on any atom is -0.478 e. The van der Waals surface area contributed by atoms with Crippen molar-refractivity contribution < 1.29 is 9.90 Å². The fourth-order valence-electron chi connectivity index (χ4n) is 2.42. The molecule has 0 atom stereocenters. The van der Waals surface area contributed by atoms with Crippen molar-refractivity contribution in [1.82, 2.24) is 0 Å². The summed E-state index contributed by atoms with van der Waals surface area (Å²) in [6.07, 6.45) is 0. The molecule has 0 spiro atoms. The molecule has 1 aromatic carbocycles. The summed E-state index contributed by atoms with van der Waals surface area (Å²) in [6, 6.07) is 5.70. The number of carboxylic acid groups (broad SMARTS) is 1. The molecule has 0 saturated carbocycles. The third-order valence-electron chi connectivity index (χ3n) is 3.91. The molecule has 2 rings (SSSR count). The van der Waals surface area contributed by atoms with E-state index in [0.29, 0.717) is 16.9 Å². The zero-order valence-electron chi connectivity index (χ0n) is 11.5. The molecule has 3 nitrogen and oxygen atoms in total. The predicted molar refractivity (Wildman–Crippen MR) is 73.3 cm³/mol. The Bertz CT molecular complexity index is 468. The van der Waals surface area contributed by atoms with Gasteiger partial charge in [0.25, 0.3) is 0 Å². The zero-order chi connectivity index (χ0) is 13.5. The summed E-state index contributed by atoms with van der Waals surface area (Å²) in [5.74, 6) is -0.193. The monoisotopic (exact) mass is 247 g/mol. The van der Waals surface area contributed by atoms with E-state index in [0.717, 1.165) is 24.3 Å². The van der Waals surface area contributed by atoms with Crippen LogP contribution in [-0.2, 0) is 0 Å². The highest BCUT2D eigenvalue weighted by atomic mass is 16.4. The molecule has 98 valence electrons. The van der Waals surface area contributed by atoms with Crippen molar-refractivity contribution in [2.75, 3.05) is 18.0 Å². The van der Waals surface area contributed by atoms with Gasteiger partial charge in [-0.15, -0.1) is 0 Å². The normalized spacial score (nSPS) is 16.6. The maximum absolute atomic E-state index is 11.3. The second-order valence-corrected chi connectivity index (χ2v) is 6.24. The van der Waals surface area contributed by atoms with Gasteiger partial charge in [0.1, 0.15) is 0 Å². The van der Waals surface area contributed by atoms with Gasteiger partial charge in [0, 0.05) is 13.1 Å². The molecule has 18 heavy (non-hydrogen) atoms. The van der Waals surface area contributed by atoms with Gasteiger partial charge in [0.15, 0.2) is 0 Å². The summed E-state index contributed by atoms with van der Waals surface area (Å²) in [6.45, 7) is 10.5. The van der Waals surface area contributed by atoms with Gasteiger partial charge in [-0.3, -0.25) is 0 Å². The van der Waals surface area contributed by atoms with E-state index >= 15 is 0 Å². The van der Waals surface area contributed by atoms with Crippen LogP contribution in [0.25, 0.3) is 0 Å². The van der Waals surface area contributed by atoms with E-state index in [1.54, 1.807) is 0 Å². The lowest BCUT2D eigenvalue weighted by molar-refractivity contribution is 0.0696. The molecule has 1 N–H and O–H groups in total. The molecule has 0 aromatic heterocycles. The number of hydrogen-bond donors (Lipinski definition) is 1. The van der Waals surface area contributed by atoms with Crippen LogP contribution in [-0.4, -0.2) is 24.2 Å². The molecule has 1 saturated heterocycles. The first-order valence-corrected chi connectivity index (χ1v) is 6.38. The van der Waals surface area contributed by atoms with Crippen molar-refractivity contribution in [1.29, 1.82) is 0 Å². The predicted octanol–water partition coefficient (Wildman–Crippen LogP) is 3.18. The van der Waals surface area contributed by atoms with Gasteiger partial charge in [0.05, 0.1) is 11.3 Å². The second kappa shape index (κ2) is 4.30. The number of anilines is 1. The van der Waals surface area contributed by atoms with E-state index in [1.807, 2.05) is 25.1 Å². The molecule has 3 heteroatoms. The third kappa shape index (κ3) is 2.22. The number of aryl methyl sites for hydroxylation is 1. The van der Waals surface area contributed by atoms with Crippen LogP contribution in [0.4, 0.5) is 5.69 Å². The smallest absolute Gasteiger partial charge is 0.338 e.